The van der Waals surface area contributed by atoms with Gasteiger partial charge in [0.2, 0.25) is 0 Å². The van der Waals surface area contributed by atoms with Gasteiger partial charge in [0.1, 0.15) is 5.75 Å². The molecule has 19 heavy (non-hydrogen) atoms. The van der Waals surface area contributed by atoms with Crippen molar-refractivity contribution in [1.29, 1.82) is 0 Å². The van der Waals surface area contributed by atoms with E-state index in [1.165, 1.54) is 16.6 Å². The lowest BCUT2D eigenvalue weighted by molar-refractivity contribution is 0.241. The Balaban J connectivity index is 2.10. The van der Waals surface area contributed by atoms with Gasteiger partial charge in [-0.2, -0.15) is 0 Å². The molecule has 2 N–H and O–H groups in total. The summed E-state index contributed by atoms with van der Waals surface area (Å²) >= 11 is 0. The Hall–Kier alpha value is -1.52. The largest absolute Gasteiger partial charge is 0.495 e. The first kappa shape index (κ1) is 12.5. The van der Waals surface area contributed by atoms with Gasteiger partial charge in [0, 0.05) is 36.8 Å². The molecule has 2 aromatic rings. The summed E-state index contributed by atoms with van der Waals surface area (Å²) in [6.07, 6.45) is 0. The van der Waals surface area contributed by atoms with Crippen LogP contribution in [0.5, 0.6) is 5.75 Å². The van der Waals surface area contributed by atoms with Gasteiger partial charge >= 0.3 is 0 Å². The molecular weight excluding hydrogens is 238 g/mol. The molecular formula is C15H21N3O. The smallest absolute Gasteiger partial charge is 0.142 e. The predicted molar refractivity (Wildman–Crippen MR) is 77.8 cm³/mol. The molecule has 1 aliphatic heterocycles. The molecule has 1 aromatic carbocycles. The topological polar surface area (TPSA) is 40.3 Å². The second kappa shape index (κ2) is 4.87. The molecule has 1 unspecified atom stereocenters. The summed E-state index contributed by atoms with van der Waals surface area (Å²) in [7, 11) is 3.90. The number of H-pyrrole nitrogens is 1. The number of methoxy groups -OCH3 is 1. The molecule has 0 radical (unpaired) electrons. The van der Waals surface area contributed by atoms with Crippen molar-refractivity contribution in [3.8, 4) is 5.75 Å². The Kier molecular flexibility index (Phi) is 3.21. The van der Waals surface area contributed by atoms with Crippen molar-refractivity contribution in [1.82, 2.24) is 15.2 Å². The second-order valence-corrected chi connectivity index (χ2v) is 5.32. The first-order chi connectivity index (χ1) is 9.20. The van der Waals surface area contributed by atoms with Crippen molar-refractivity contribution in [3.05, 3.63) is 29.5 Å². The molecule has 3 rings (SSSR count). The molecule has 2 heterocycles. The van der Waals surface area contributed by atoms with E-state index in [9.17, 15) is 0 Å². The lowest BCUT2D eigenvalue weighted by atomic mass is 10.0. The molecule has 1 fully saturated rings. The zero-order valence-electron chi connectivity index (χ0n) is 11.8. The Morgan fingerprint density at radius 1 is 1.37 bits per heavy atom. The van der Waals surface area contributed by atoms with Crippen molar-refractivity contribution in [2.45, 2.75) is 13.0 Å². The molecule has 1 aliphatic rings. The monoisotopic (exact) mass is 259 g/mol. The minimum atomic E-state index is 0.389. The van der Waals surface area contributed by atoms with Crippen LogP contribution in [0.25, 0.3) is 10.9 Å². The Morgan fingerprint density at radius 3 is 2.95 bits per heavy atom. The molecule has 102 valence electrons. The summed E-state index contributed by atoms with van der Waals surface area (Å²) < 4.78 is 5.44. The summed E-state index contributed by atoms with van der Waals surface area (Å²) in [5.41, 5.74) is 3.71. The van der Waals surface area contributed by atoms with E-state index in [1.54, 1.807) is 7.11 Å². The van der Waals surface area contributed by atoms with Gasteiger partial charge in [0.05, 0.1) is 12.6 Å². The van der Waals surface area contributed by atoms with Crippen LogP contribution in [0.2, 0.25) is 0 Å². The number of ether oxygens (including phenoxy) is 1. The van der Waals surface area contributed by atoms with Crippen molar-refractivity contribution in [2.24, 2.45) is 0 Å². The molecule has 0 aliphatic carbocycles. The average molecular weight is 259 g/mol. The van der Waals surface area contributed by atoms with E-state index in [1.807, 2.05) is 6.07 Å². The number of nitrogens with zero attached hydrogens (tertiary/aromatic N) is 1. The van der Waals surface area contributed by atoms with Gasteiger partial charge in [-0.05, 0) is 25.6 Å². The van der Waals surface area contributed by atoms with Gasteiger partial charge in [0.25, 0.3) is 0 Å². The highest BCUT2D eigenvalue weighted by molar-refractivity contribution is 5.90. The maximum atomic E-state index is 5.44. The number of hydrogen-bond acceptors (Lipinski definition) is 3. The highest BCUT2D eigenvalue weighted by Gasteiger charge is 2.23. The maximum absolute atomic E-state index is 5.44. The predicted octanol–water partition coefficient (Wildman–Crippen LogP) is 2.06. The van der Waals surface area contributed by atoms with Crippen molar-refractivity contribution in [2.75, 3.05) is 33.8 Å². The summed E-state index contributed by atoms with van der Waals surface area (Å²) in [5, 5.41) is 4.89. The number of aromatic nitrogens is 1. The highest BCUT2D eigenvalue weighted by atomic mass is 16.5. The number of rotatable bonds is 2. The van der Waals surface area contributed by atoms with Gasteiger partial charge in [0.15, 0.2) is 0 Å². The van der Waals surface area contributed by atoms with Gasteiger partial charge in [-0.15, -0.1) is 0 Å². The van der Waals surface area contributed by atoms with Crippen LogP contribution in [-0.4, -0.2) is 43.7 Å². The standard InChI is InChI=1S/C15H21N3O/c1-10-14(12-9-18(2)8-7-16-12)11-5-4-6-13(19-3)15(11)17-10/h4-6,12,16-17H,7-9H2,1-3H3. The SMILES string of the molecule is COc1cccc2c(C3CN(C)CCN3)c(C)[nH]c12. The molecule has 0 spiro atoms. The minimum absolute atomic E-state index is 0.389. The Labute approximate surface area is 113 Å². The lowest BCUT2D eigenvalue weighted by Crippen LogP contribution is -2.43. The van der Waals surface area contributed by atoms with Crippen molar-refractivity contribution < 1.29 is 4.74 Å². The number of aromatic amines is 1. The van der Waals surface area contributed by atoms with Crippen LogP contribution in [0.3, 0.4) is 0 Å². The van der Waals surface area contributed by atoms with Gasteiger partial charge in [-0.3, -0.25) is 0 Å². The Bertz CT molecular complexity index is 590. The zero-order valence-corrected chi connectivity index (χ0v) is 11.8. The minimum Gasteiger partial charge on any atom is -0.495 e. The van der Waals surface area contributed by atoms with E-state index >= 15 is 0 Å². The van der Waals surface area contributed by atoms with E-state index < -0.39 is 0 Å². The molecule has 4 nitrogen and oxygen atoms in total. The summed E-state index contributed by atoms with van der Waals surface area (Å²) in [6.45, 7) is 5.34. The van der Waals surface area contributed by atoms with Crippen LogP contribution in [0, 0.1) is 6.92 Å². The zero-order chi connectivity index (χ0) is 13.4. The van der Waals surface area contributed by atoms with E-state index in [4.69, 9.17) is 4.74 Å². The quantitative estimate of drug-likeness (QED) is 0.867. The molecule has 4 heteroatoms. The average Bonchev–Trinajstić information content (AvgIpc) is 2.74. The molecule has 1 saturated heterocycles. The fraction of sp³-hybridized carbons (Fsp3) is 0.467. The number of para-hydroxylation sites is 1. The van der Waals surface area contributed by atoms with Crippen LogP contribution in [0.15, 0.2) is 18.2 Å². The van der Waals surface area contributed by atoms with Crippen LogP contribution in [0.1, 0.15) is 17.3 Å². The summed E-state index contributed by atoms with van der Waals surface area (Å²) in [5.74, 6) is 0.913. The summed E-state index contributed by atoms with van der Waals surface area (Å²) in [6, 6.07) is 6.62. The fourth-order valence-corrected chi connectivity index (χ4v) is 3.05. The Morgan fingerprint density at radius 2 is 2.21 bits per heavy atom. The third kappa shape index (κ3) is 2.11. The van der Waals surface area contributed by atoms with Crippen LogP contribution in [0.4, 0.5) is 0 Å². The first-order valence-corrected chi connectivity index (χ1v) is 6.78. The third-order valence-corrected chi connectivity index (χ3v) is 3.98. The first-order valence-electron chi connectivity index (χ1n) is 6.78. The number of benzene rings is 1. The molecule has 0 saturated carbocycles. The van der Waals surface area contributed by atoms with E-state index in [0.29, 0.717) is 6.04 Å². The third-order valence-electron chi connectivity index (χ3n) is 3.98. The van der Waals surface area contributed by atoms with Crippen LogP contribution >= 0.6 is 0 Å². The van der Waals surface area contributed by atoms with Crippen LogP contribution in [-0.2, 0) is 0 Å². The molecule has 0 bridgehead atoms. The van der Waals surface area contributed by atoms with Crippen LogP contribution < -0.4 is 10.1 Å². The van der Waals surface area contributed by atoms with Gasteiger partial charge in [-0.25, -0.2) is 0 Å². The maximum Gasteiger partial charge on any atom is 0.142 e. The molecule has 1 aromatic heterocycles. The van der Waals surface area contributed by atoms with E-state index in [-0.39, 0.29) is 0 Å². The summed E-state index contributed by atoms with van der Waals surface area (Å²) in [4.78, 5) is 5.85. The van der Waals surface area contributed by atoms with Crippen molar-refractivity contribution in [3.63, 3.8) is 0 Å². The van der Waals surface area contributed by atoms with Gasteiger partial charge in [-0.1, -0.05) is 12.1 Å². The normalized spacial score (nSPS) is 20.9. The number of likely N-dealkylation sites (N-methyl/N-ethyl adjacent to an activating group) is 1. The lowest BCUT2D eigenvalue weighted by Gasteiger charge is -2.31. The number of piperazine rings is 1. The number of aryl methyl sites for hydroxylation is 1. The fourth-order valence-electron chi connectivity index (χ4n) is 3.05. The van der Waals surface area contributed by atoms with E-state index in [0.717, 1.165) is 30.9 Å². The van der Waals surface area contributed by atoms with E-state index in [2.05, 4.69) is 41.3 Å². The molecule has 0 amide bonds. The van der Waals surface area contributed by atoms with Gasteiger partial charge < -0.3 is 19.9 Å². The second-order valence-electron chi connectivity index (χ2n) is 5.32. The van der Waals surface area contributed by atoms with Crippen molar-refractivity contribution >= 4 is 10.9 Å². The number of fused-ring (bicyclic) bond motifs is 1. The number of hydrogen-bond donors (Lipinski definition) is 2. The highest BCUT2D eigenvalue weighted by Crippen LogP contribution is 2.33. The molecule has 1 atom stereocenters. The number of nitrogens with one attached hydrogen (secondary N) is 2.